The van der Waals surface area contributed by atoms with Crippen molar-refractivity contribution >= 4 is 48.6 Å². The standard InChI is InChI=1S/C18H22N2OS.2ClH/c21-18(20-11-12-6-8-19-9-7-12)16-10-14-5-4-13-2-1-3-15(22-16)17(13)14;;/h1-5,12,14,16,19H,6-11H2,(H,20,21);2*1H. The normalized spacial score (nSPS) is 24.5. The fourth-order valence-corrected chi connectivity index (χ4v) is 5.11. The molecule has 2 aliphatic heterocycles. The first-order valence-corrected chi connectivity index (χ1v) is 9.15. The van der Waals surface area contributed by atoms with Crippen LogP contribution in [0.25, 0.3) is 6.08 Å². The first-order chi connectivity index (χ1) is 10.8. The number of benzene rings is 1. The number of hydrogen-bond acceptors (Lipinski definition) is 3. The average molecular weight is 387 g/mol. The second kappa shape index (κ2) is 8.61. The molecule has 1 aromatic carbocycles. The van der Waals surface area contributed by atoms with Crippen molar-refractivity contribution in [3.8, 4) is 0 Å². The van der Waals surface area contributed by atoms with Gasteiger partial charge >= 0.3 is 0 Å². The van der Waals surface area contributed by atoms with Crippen LogP contribution < -0.4 is 10.6 Å². The summed E-state index contributed by atoms with van der Waals surface area (Å²) >= 11 is 1.75. The lowest BCUT2D eigenvalue weighted by atomic mass is 9.94. The molecular formula is C18H24Cl2N2OS. The van der Waals surface area contributed by atoms with Gasteiger partial charge in [-0.2, -0.15) is 0 Å². The molecule has 24 heavy (non-hydrogen) atoms. The lowest BCUT2D eigenvalue weighted by molar-refractivity contribution is -0.121. The van der Waals surface area contributed by atoms with Crippen LogP contribution in [0.4, 0.5) is 0 Å². The summed E-state index contributed by atoms with van der Waals surface area (Å²) in [6.07, 6.45) is 7.76. The van der Waals surface area contributed by atoms with E-state index in [1.807, 2.05) is 0 Å². The van der Waals surface area contributed by atoms with E-state index >= 15 is 0 Å². The number of nitrogens with one attached hydrogen (secondary N) is 2. The molecule has 2 unspecified atom stereocenters. The maximum Gasteiger partial charge on any atom is 0.233 e. The van der Waals surface area contributed by atoms with Crippen LogP contribution in [-0.4, -0.2) is 30.8 Å². The molecule has 2 atom stereocenters. The van der Waals surface area contributed by atoms with Gasteiger partial charge in [-0.25, -0.2) is 0 Å². The SMILES string of the molecule is Cl.Cl.O=C(NCC1CCNCC1)C1CC2C=Cc3cccc(c32)S1. The van der Waals surface area contributed by atoms with Gasteiger partial charge in [-0.1, -0.05) is 24.3 Å². The third-order valence-corrected chi connectivity index (χ3v) is 6.33. The van der Waals surface area contributed by atoms with Crippen LogP contribution in [-0.2, 0) is 4.79 Å². The van der Waals surface area contributed by atoms with Crippen molar-refractivity contribution in [2.24, 2.45) is 5.92 Å². The Morgan fingerprint density at radius 2 is 2.04 bits per heavy atom. The summed E-state index contributed by atoms with van der Waals surface area (Å²) in [5.74, 6) is 1.30. The molecule has 0 spiro atoms. The molecule has 0 radical (unpaired) electrons. The zero-order valence-electron chi connectivity index (χ0n) is 13.5. The Bertz CT molecular complexity index is 617. The number of allylic oxidation sites excluding steroid dienone is 1. The first-order valence-electron chi connectivity index (χ1n) is 8.27. The summed E-state index contributed by atoms with van der Waals surface area (Å²) in [5, 5.41) is 6.63. The molecule has 2 heterocycles. The van der Waals surface area contributed by atoms with Crippen molar-refractivity contribution in [3.63, 3.8) is 0 Å². The minimum Gasteiger partial charge on any atom is -0.355 e. The molecule has 0 bridgehead atoms. The van der Waals surface area contributed by atoms with Crippen LogP contribution in [0.15, 0.2) is 29.2 Å². The fraction of sp³-hybridized carbons (Fsp3) is 0.500. The van der Waals surface area contributed by atoms with E-state index < -0.39 is 0 Å². The molecule has 0 saturated carbocycles. The summed E-state index contributed by atoms with van der Waals surface area (Å²) < 4.78 is 0. The molecule has 1 amide bonds. The van der Waals surface area contributed by atoms with E-state index in [9.17, 15) is 4.79 Å². The largest absolute Gasteiger partial charge is 0.355 e. The summed E-state index contributed by atoms with van der Waals surface area (Å²) in [6, 6.07) is 6.44. The second-order valence-corrected chi connectivity index (χ2v) is 7.75. The van der Waals surface area contributed by atoms with Crippen molar-refractivity contribution in [3.05, 3.63) is 35.4 Å². The Morgan fingerprint density at radius 3 is 2.83 bits per heavy atom. The zero-order chi connectivity index (χ0) is 14.9. The molecule has 3 aliphatic rings. The minimum absolute atomic E-state index is 0. The second-order valence-electron chi connectivity index (χ2n) is 6.51. The predicted molar refractivity (Wildman–Crippen MR) is 106 cm³/mol. The fourth-order valence-electron chi connectivity index (χ4n) is 3.76. The van der Waals surface area contributed by atoms with E-state index in [0.717, 1.165) is 26.1 Å². The minimum atomic E-state index is 0. The van der Waals surface area contributed by atoms with Gasteiger partial charge in [-0.15, -0.1) is 36.6 Å². The van der Waals surface area contributed by atoms with Crippen LogP contribution >= 0.6 is 36.6 Å². The van der Waals surface area contributed by atoms with Crippen molar-refractivity contribution in [1.82, 2.24) is 10.6 Å². The lowest BCUT2D eigenvalue weighted by Crippen LogP contribution is -2.40. The number of carbonyl (C=O) groups is 1. The van der Waals surface area contributed by atoms with Crippen molar-refractivity contribution in [2.75, 3.05) is 19.6 Å². The van der Waals surface area contributed by atoms with Crippen molar-refractivity contribution < 1.29 is 4.79 Å². The van der Waals surface area contributed by atoms with E-state index in [1.165, 1.54) is 28.9 Å². The Morgan fingerprint density at radius 1 is 1.25 bits per heavy atom. The molecule has 1 aromatic rings. The van der Waals surface area contributed by atoms with Crippen LogP contribution in [0, 0.1) is 5.92 Å². The smallest absolute Gasteiger partial charge is 0.233 e. The molecule has 4 rings (SSSR count). The first kappa shape index (κ1) is 19.6. The molecule has 6 heteroatoms. The monoisotopic (exact) mass is 386 g/mol. The van der Waals surface area contributed by atoms with Crippen LogP contribution in [0.2, 0.25) is 0 Å². The van der Waals surface area contributed by atoms with Gasteiger partial charge in [0, 0.05) is 17.4 Å². The van der Waals surface area contributed by atoms with Gasteiger partial charge in [0.1, 0.15) is 0 Å². The number of thioether (sulfide) groups is 1. The molecular weight excluding hydrogens is 363 g/mol. The van der Waals surface area contributed by atoms with Crippen LogP contribution in [0.5, 0.6) is 0 Å². The third kappa shape index (κ3) is 3.93. The van der Waals surface area contributed by atoms with Gasteiger partial charge in [0.15, 0.2) is 0 Å². The lowest BCUT2D eigenvalue weighted by Gasteiger charge is -2.29. The summed E-state index contributed by atoms with van der Waals surface area (Å²) in [6.45, 7) is 3.01. The highest BCUT2D eigenvalue weighted by atomic mass is 35.5. The maximum absolute atomic E-state index is 12.6. The Hall–Kier alpha value is -0.680. The molecule has 132 valence electrons. The van der Waals surface area contributed by atoms with Gasteiger partial charge < -0.3 is 10.6 Å². The number of carbonyl (C=O) groups excluding carboxylic acids is 1. The summed E-state index contributed by atoms with van der Waals surface area (Å²) in [4.78, 5) is 13.8. The van der Waals surface area contributed by atoms with Crippen molar-refractivity contribution in [1.29, 1.82) is 0 Å². The third-order valence-electron chi connectivity index (χ3n) is 5.03. The predicted octanol–water partition coefficient (Wildman–Crippen LogP) is 3.62. The summed E-state index contributed by atoms with van der Waals surface area (Å²) in [5.41, 5.74) is 2.78. The van der Waals surface area contributed by atoms with Gasteiger partial charge in [0.25, 0.3) is 0 Å². The molecule has 1 saturated heterocycles. The van der Waals surface area contributed by atoms with E-state index in [1.54, 1.807) is 11.8 Å². The Kier molecular flexibility index (Phi) is 7.05. The highest BCUT2D eigenvalue weighted by molar-refractivity contribution is 8.00. The van der Waals surface area contributed by atoms with E-state index in [-0.39, 0.29) is 36.0 Å². The molecule has 1 aliphatic carbocycles. The highest BCUT2D eigenvalue weighted by Gasteiger charge is 2.33. The molecule has 0 aromatic heterocycles. The summed E-state index contributed by atoms with van der Waals surface area (Å²) in [7, 11) is 0. The van der Waals surface area contributed by atoms with E-state index in [4.69, 9.17) is 0 Å². The number of halogens is 2. The molecule has 2 N–H and O–H groups in total. The van der Waals surface area contributed by atoms with E-state index in [0.29, 0.717) is 11.8 Å². The highest BCUT2D eigenvalue weighted by Crippen LogP contribution is 2.47. The zero-order valence-corrected chi connectivity index (χ0v) is 15.9. The Labute approximate surface area is 160 Å². The number of rotatable bonds is 3. The van der Waals surface area contributed by atoms with Gasteiger partial charge in [-0.05, 0) is 55.5 Å². The topological polar surface area (TPSA) is 41.1 Å². The van der Waals surface area contributed by atoms with Gasteiger partial charge in [0.05, 0.1) is 5.25 Å². The van der Waals surface area contributed by atoms with Crippen LogP contribution in [0.1, 0.15) is 36.3 Å². The van der Waals surface area contributed by atoms with Crippen molar-refractivity contribution in [2.45, 2.75) is 35.3 Å². The maximum atomic E-state index is 12.6. The Balaban J connectivity index is 0.00000104. The number of piperidine rings is 1. The number of hydrogen-bond donors (Lipinski definition) is 2. The number of amides is 1. The van der Waals surface area contributed by atoms with Gasteiger partial charge in [0.2, 0.25) is 5.91 Å². The quantitative estimate of drug-likeness (QED) is 0.833. The average Bonchev–Trinajstić information content (AvgIpc) is 2.98. The van der Waals surface area contributed by atoms with E-state index in [2.05, 4.69) is 41.0 Å². The molecule has 3 nitrogen and oxygen atoms in total. The van der Waals surface area contributed by atoms with Crippen LogP contribution in [0.3, 0.4) is 0 Å². The molecule has 1 fully saturated rings. The van der Waals surface area contributed by atoms with Gasteiger partial charge in [-0.3, -0.25) is 4.79 Å².